The molecule has 0 aliphatic rings. The fourth-order valence-electron chi connectivity index (χ4n) is 1.47. The summed E-state index contributed by atoms with van der Waals surface area (Å²) in [4.78, 5) is 19.0. The van der Waals surface area contributed by atoms with Gasteiger partial charge in [0.05, 0.1) is 17.4 Å². The van der Waals surface area contributed by atoms with Crippen LogP contribution in [0, 0.1) is 0 Å². The van der Waals surface area contributed by atoms with E-state index in [-0.39, 0.29) is 17.1 Å². The van der Waals surface area contributed by atoms with Crippen LogP contribution in [0.3, 0.4) is 0 Å². The molecule has 0 bridgehead atoms. The molecule has 0 aromatic carbocycles. The van der Waals surface area contributed by atoms with Gasteiger partial charge in [-0.3, -0.25) is 4.79 Å². The lowest BCUT2D eigenvalue weighted by molar-refractivity contribution is -0.141. The number of nitrogens with zero attached hydrogens (tertiary/aromatic N) is 2. The molecule has 0 aliphatic heterocycles. The number of carbonyl (C=O) groups excluding carboxylic acids is 1. The SMILES string of the molecule is Nc1ncc(Br)cc1C(=O)Nc1ccc(C(F)(F)F)nc1. The molecule has 5 nitrogen and oxygen atoms in total. The van der Waals surface area contributed by atoms with Gasteiger partial charge in [-0.25, -0.2) is 9.97 Å². The van der Waals surface area contributed by atoms with E-state index in [1.165, 1.54) is 12.3 Å². The van der Waals surface area contributed by atoms with Crippen LogP contribution >= 0.6 is 15.9 Å². The highest BCUT2D eigenvalue weighted by Gasteiger charge is 2.32. The first-order valence-electron chi connectivity index (χ1n) is 5.53. The molecule has 2 rings (SSSR count). The normalized spacial score (nSPS) is 11.2. The Morgan fingerprint density at radius 1 is 1.24 bits per heavy atom. The number of alkyl halides is 3. The van der Waals surface area contributed by atoms with Gasteiger partial charge in [0.15, 0.2) is 0 Å². The third-order valence-corrected chi connectivity index (χ3v) is 2.88. The fraction of sp³-hybridized carbons (Fsp3) is 0.0833. The topological polar surface area (TPSA) is 80.9 Å². The van der Waals surface area contributed by atoms with E-state index in [1.54, 1.807) is 0 Å². The van der Waals surface area contributed by atoms with E-state index < -0.39 is 17.8 Å². The zero-order valence-electron chi connectivity index (χ0n) is 10.3. The molecule has 2 aromatic heterocycles. The highest BCUT2D eigenvalue weighted by molar-refractivity contribution is 9.10. The Kier molecular flexibility index (Phi) is 4.12. The Labute approximate surface area is 125 Å². The number of hydrogen-bond acceptors (Lipinski definition) is 4. The molecule has 0 saturated heterocycles. The summed E-state index contributed by atoms with van der Waals surface area (Å²) in [5.41, 5.74) is 4.75. The highest BCUT2D eigenvalue weighted by atomic mass is 79.9. The van der Waals surface area contributed by atoms with Crippen molar-refractivity contribution in [2.75, 3.05) is 11.1 Å². The maximum absolute atomic E-state index is 12.4. The molecule has 3 N–H and O–H groups in total. The van der Waals surface area contributed by atoms with Gasteiger partial charge in [-0.15, -0.1) is 0 Å². The number of nitrogens with two attached hydrogens (primary N) is 1. The van der Waals surface area contributed by atoms with E-state index in [1.807, 2.05) is 0 Å². The van der Waals surface area contributed by atoms with Crippen molar-refractivity contribution in [2.45, 2.75) is 6.18 Å². The number of aromatic nitrogens is 2. The smallest absolute Gasteiger partial charge is 0.383 e. The number of rotatable bonds is 2. The summed E-state index contributed by atoms with van der Waals surface area (Å²) in [5, 5.41) is 2.40. The van der Waals surface area contributed by atoms with Crippen LogP contribution in [0.2, 0.25) is 0 Å². The van der Waals surface area contributed by atoms with Crippen molar-refractivity contribution in [3.05, 3.63) is 46.3 Å². The standard InChI is InChI=1S/C12H8BrF3N4O/c13-6-3-8(10(17)19-4-6)11(21)20-7-1-2-9(18-5-7)12(14,15)16/h1-5H,(H2,17,19)(H,20,21). The van der Waals surface area contributed by atoms with Crippen LogP contribution in [0.15, 0.2) is 35.1 Å². The summed E-state index contributed by atoms with van der Waals surface area (Å²) in [6.07, 6.45) is -2.19. The average Bonchev–Trinajstić information content (AvgIpc) is 2.41. The Morgan fingerprint density at radius 3 is 2.52 bits per heavy atom. The number of hydrogen-bond donors (Lipinski definition) is 2. The third kappa shape index (κ3) is 3.69. The van der Waals surface area contributed by atoms with Gasteiger partial charge in [0.1, 0.15) is 11.5 Å². The fourth-order valence-corrected chi connectivity index (χ4v) is 1.80. The molecule has 2 aromatic rings. The zero-order chi connectivity index (χ0) is 15.6. The second-order valence-electron chi connectivity index (χ2n) is 3.97. The predicted octanol–water partition coefficient (Wildman–Crippen LogP) is 3.09. The lowest BCUT2D eigenvalue weighted by Crippen LogP contribution is -2.15. The van der Waals surface area contributed by atoms with Crippen molar-refractivity contribution < 1.29 is 18.0 Å². The van der Waals surface area contributed by atoms with Gasteiger partial charge >= 0.3 is 6.18 Å². The minimum atomic E-state index is -4.53. The van der Waals surface area contributed by atoms with Gasteiger partial charge in [0.2, 0.25) is 0 Å². The van der Waals surface area contributed by atoms with Gasteiger partial charge in [-0.2, -0.15) is 13.2 Å². The molecular weight excluding hydrogens is 353 g/mol. The molecule has 0 unspecified atom stereocenters. The molecule has 0 spiro atoms. The second-order valence-corrected chi connectivity index (χ2v) is 4.89. The first-order chi connectivity index (χ1) is 9.77. The van der Waals surface area contributed by atoms with Crippen LogP contribution in [0.1, 0.15) is 16.1 Å². The van der Waals surface area contributed by atoms with E-state index in [2.05, 4.69) is 31.2 Å². The van der Waals surface area contributed by atoms with Crippen LogP contribution in [-0.2, 0) is 6.18 Å². The summed E-state index contributed by atoms with van der Waals surface area (Å²) in [5.74, 6) is -0.585. The minimum Gasteiger partial charge on any atom is -0.383 e. The second kappa shape index (κ2) is 5.68. The highest BCUT2D eigenvalue weighted by Crippen LogP contribution is 2.28. The first-order valence-corrected chi connectivity index (χ1v) is 6.32. The van der Waals surface area contributed by atoms with E-state index >= 15 is 0 Å². The van der Waals surface area contributed by atoms with E-state index in [0.717, 1.165) is 18.3 Å². The molecular formula is C12H8BrF3N4O. The van der Waals surface area contributed by atoms with Gasteiger partial charge < -0.3 is 11.1 Å². The third-order valence-electron chi connectivity index (χ3n) is 2.44. The number of nitrogen functional groups attached to an aromatic ring is 1. The van der Waals surface area contributed by atoms with Gasteiger partial charge in [-0.1, -0.05) is 0 Å². The van der Waals surface area contributed by atoms with Gasteiger partial charge in [0, 0.05) is 10.7 Å². The number of anilines is 2. The monoisotopic (exact) mass is 360 g/mol. The Morgan fingerprint density at radius 2 is 1.95 bits per heavy atom. The lowest BCUT2D eigenvalue weighted by atomic mass is 10.2. The number of nitrogens with one attached hydrogen (secondary N) is 1. The summed E-state index contributed by atoms with van der Waals surface area (Å²) in [6.45, 7) is 0. The van der Waals surface area contributed by atoms with E-state index in [0.29, 0.717) is 4.47 Å². The summed E-state index contributed by atoms with van der Waals surface area (Å²) in [6, 6.07) is 3.34. The molecule has 2 heterocycles. The average molecular weight is 361 g/mol. The van der Waals surface area contributed by atoms with Crippen molar-refractivity contribution >= 4 is 33.3 Å². The van der Waals surface area contributed by atoms with Crippen LogP contribution in [-0.4, -0.2) is 15.9 Å². The van der Waals surface area contributed by atoms with Crippen LogP contribution in [0.5, 0.6) is 0 Å². The van der Waals surface area contributed by atoms with E-state index in [4.69, 9.17) is 5.73 Å². The van der Waals surface area contributed by atoms with Crippen molar-refractivity contribution in [3.63, 3.8) is 0 Å². The summed E-state index contributed by atoms with van der Waals surface area (Å²) < 4.78 is 37.6. The molecule has 9 heteroatoms. The molecule has 0 atom stereocenters. The predicted molar refractivity (Wildman–Crippen MR) is 73.5 cm³/mol. The van der Waals surface area contributed by atoms with Crippen LogP contribution < -0.4 is 11.1 Å². The van der Waals surface area contributed by atoms with Crippen LogP contribution in [0.4, 0.5) is 24.7 Å². The van der Waals surface area contributed by atoms with Gasteiger partial charge in [-0.05, 0) is 34.1 Å². The largest absolute Gasteiger partial charge is 0.433 e. The molecule has 1 amide bonds. The number of halogens is 4. The molecule has 0 fully saturated rings. The first kappa shape index (κ1) is 15.2. The molecule has 21 heavy (non-hydrogen) atoms. The number of amides is 1. The summed E-state index contributed by atoms with van der Waals surface area (Å²) >= 11 is 3.15. The van der Waals surface area contributed by atoms with Gasteiger partial charge in [0.25, 0.3) is 5.91 Å². The molecule has 110 valence electrons. The van der Waals surface area contributed by atoms with Crippen LogP contribution in [0.25, 0.3) is 0 Å². The number of carbonyl (C=O) groups is 1. The Hall–Kier alpha value is -2.16. The molecule has 0 aliphatic carbocycles. The maximum Gasteiger partial charge on any atom is 0.433 e. The van der Waals surface area contributed by atoms with E-state index in [9.17, 15) is 18.0 Å². The summed E-state index contributed by atoms with van der Waals surface area (Å²) in [7, 11) is 0. The van der Waals surface area contributed by atoms with Crippen molar-refractivity contribution in [1.82, 2.24) is 9.97 Å². The molecule has 0 saturated carbocycles. The number of pyridine rings is 2. The quantitative estimate of drug-likeness (QED) is 0.862. The Bertz CT molecular complexity index is 673. The molecule has 0 radical (unpaired) electrons. The van der Waals surface area contributed by atoms with Crippen molar-refractivity contribution in [2.24, 2.45) is 0 Å². The minimum absolute atomic E-state index is 0.00979. The van der Waals surface area contributed by atoms with Crippen molar-refractivity contribution in [3.8, 4) is 0 Å². The Balaban J connectivity index is 2.18. The van der Waals surface area contributed by atoms with Crippen molar-refractivity contribution in [1.29, 1.82) is 0 Å². The zero-order valence-corrected chi connectivity index (χ0v) is 11.9. The maximum atomic E-state index is 12.4. The lowest BCUT2D eigenvalue weighted by Gasteiger charge is -2.09.